The number of alkyl halides is 3. The zero-order chi connectivity index (χ0) is 33.9. The van der Waals surface area contributed by atoms with Crippen LogP contribution < -0.4 is 4.74 Å². The van der Waals surface area contributed by atoms with Gasteiger partial charge < -0.3 is 14.2 Å². The molecule has 0 N–H and O–H groups in total. The molecule has 5 nitrogen and oxygen atoms in total. The van der Waals surface area contributed by atoms with Crippen LogP contribution in [0.2, 0.25) is 0 Å². The number of carbonyl (C=O) groups is 2. The van der Waals surface area contributed by atoms with Gasteiger partial charge in [-0.25, -0.2) is 9.59 Å². The molecule has 0 saturated heterocycles. The zero-order valence-corrected chi connectivity index (χ0v) is 27.8. The molecule has 1 atom stereocenters. The Bertz CT molecular complexity index is 1320. The van der Waals surface area contributed by atoms with Gasteiger partial charge in [-0.15, -0.1) is 0 Å². The first-order chi connectivity index (χ1) is 22.7. The molecule has 8 heteroatoms. The maximum absolute atomic E-state index is 13.5. The van der Waals surface area contributed by atoms with Crippen LogP contribution in [0.5, 0.6) is 5.75 Å². The Hall–Kier alpha value is -3.65. The minimum absolute atomic E-state index is 0.0661. The van der Waals surface area contributed by atoms with Gasteiger partial charge in [0.15, 0.2) is 6.10 Å². The lowest BCUT2D eigenvalue weighted by Gasteiger charge is -2.20. The molecule has 0 amide bonds. The van der Waals surface area contributed by atoms with Crippen LogP contribution in [0.25, 0.3) is 11.1 Å². The molecule has 0 aromatic heterocycles. The van der Waals surface area contributed by atoms with Crippen LogP contribution in [-0.4, -0.2) is 37.4 Å². The highest BCUT2D eigenvalue weighted by Gasteiger charge is 2.42. The molecule has 0 saturated carbocycles. The summed E-state index contributed by atoms with van der Waals surface area (Å²) in [5.74, 6) is -1.52. The van der Waals surface area contributed by atoms with Gasteiger partial charge in [-0.1, -0.05) is 94.7 Å². The summed E-state index contributed by atoms with van der Waals surface area (Å²) in [4.78, 5) is 25.2. The number of esters is 2. The summed E-state index contributed by atoms with van der Waals surface area (Å²) in [6.45, 7) is 5.14. The highest BCUT2D eigenvalue weighted by Crippen LogP contribution is 2.28. The third kappa shape index (κ3) is 13.9. The highest BCUT2D eigenvalue weighted by atomic mass is 19.4. The first-order valence-electron chi connectivity index (χ1n) is 17.1. The Morgan fingerprint density at radius 1 is 0.638 bits per heavy atom. The number of ether oxygens (including phenoxy) is 3. The minimum Gasteiger partial charge on any atom is -0.449 e. The number of benzene rings is 3. The molecule has 0 aliphatic heterocycles. The molecule has 0 bridgehead atoms. The fourth-order valence-corrected chi connectivity index (χ4v) is 5.29. The van der Waals surface area contributed by atoms with E-state index in [2.05, 4.69) is 31.2 Å². The summed E-state index contributed by atoms with van der Waals surface area (Å²) in [6.07, 6.45) is 5.75. The van der Waals surface area contributed by atoms with Crippen molar-refractivity contribution in [1.82, 2.24) is 0 Å². The van der Waals surface area contributed by atoms with Gasteiger partial charge in [0, 0.05) is 13.2 Å². The summed E-state index contributed by atoms with van der Waals surface area (Å²) >= 11 is 0. The lowest BCUT2D eigenvalue weighted by molar-refractivity contribution is -0.206. The third-order valence-electron chi connectivity index (χ3n) is 8.10. The second-order valence-corrected chi connectivity index (χ2v) is 11.9. The Morgan fingerprint density at radius 3 is 1.77 bits per heavy atom. The predicted molar refractivity (Wildman–Crippen MR) is 180 cm³/mol. The van der Waals surface area contributed by atoms with Crippen LogP contribution in [0.3, 0.4) is 0 Å². The minimum atomic E-state index is -4.67. The summed E-state index contributed by atoms with van der Waals surface area (Å²) < 4.78 is 55.8. The predicted octanol–water partition coefficient (Wildman–Crippen LogP) is 10.9. The molecule has 0 aliphatic rings. The molecule has 0 aliphatic carbocycles. The molecular formula is C39H49F3O5. The molecule has 0 radical (unpaired) electrons. The monoisotopic (exact) mass is 654 g/mol. The normalized spacial score (nSPS) is 12.1. The van der Waals surface area contributed by atoms with Crippen LogP contribution >= 0.6 is 0 Å². The molecule has 3 rings (SSSR count). The molecular weight excluding hydrogens is 605 g/mol. The molecule has 3 aromatic rings. The number of aryl methyl sites for hydroxylation is 1. The summed E-state index contributed by atoms with van der Waals surface area (Å²) in [6, 6.07) is 20.9. The average molecular weight is 655 g/mol. The SMILES string of the molecule is CCCCCCCCCCc1ccc(-c2ccc(C(=O)Oc3ccc(C(=O)O[C@H](CCCCCOCC)C(F)(F)F)cc3)cc2)cc1. The Morgan fingerprint density at radius 2 is 1.17 bits per heavy atom. The van der Waals surface area contributed by atoms with E-state index in [0.29, 0.717) is 31.6 Å². The number of rotatable bonds is 21. The van der Waals surface area contributed by atoms with Crippen molar-refractivity contribution in [3.8, 4) is 16.9 Å². The number of halogens is 3. The van der Waals surface area contributed by atoms with Crippen molar-refractivity contribution in [3.05, 3.63) is 89.5 Å². The molecule has 0 spiro atoms. The summed E-state index contributed by atoms with van der Waals surface area (Å²) in [5, 5.41) is 0. The number of hydrogen-bond donors (Lipinski definition) is 0. The summed E-state index contributed by atoms with van der Waals surface area (Å²) in [7, 11) is 0. The van der Waals surface area contributed by atoms with E-state index < -0.39 is 24.2 Å². The van der Waals surface area contributed by atoms with E-state index >= 15 is 0 Å². The van der Waals surface area contributed by atoms with Gasteiger partial charge in [-0.05, 0) is 92.1 Å². The quantitative estimate of drug-likeness (QED) is 0.0650. The Balaban J connectivity index is 1.45. The Labute approximate surface area is 277 Å². The number of carbonyl (C=O) groups excluding carboxylic acids is 2. The molecule has 0 fully saturated rings. The van der Waals surface area contributed by atoms with Crippen molar-refractivity contribution in [2.75, 3.05) is 13.2 Å². The second kappa shape index (κ2) is 20.6. The molecule has 47 heavy (non-hydrogen) atoms. The van der Waals surface area contributed by atoms with E-state index in [0.717, 1.165) is 17.5 Å². The first-order valence-corrected chi connectivity index (χ1v) is 17.1. The lowest BCUT2D eigenvalue weighted by atomic mass is 10.00. The largest absolute Gasteiger partial charge is 0.449 e. The lowest BCUT2D eigenvalue weighted by Crippen LogP contribution is -2.33. The fraction of sp³-hybridized carbons (Fsp3) is 0.487. The maximum atomic E-state index is 13.5. The van der Waals surface area contributed by atoms with Gasteiger partial charge in [-0.3, -0.25) is 0 Å². The van der Waals surface area contributed by atoms with Crippen molar-refractivity contribution in [2.24, 2.45) is 0 Å². The van der Waals surface area contributed by atoms with Crippen LogP contribution in [0.1, 0.15) is 117 Å². The third-order valence-corrected chi connectivity index (χ3v) is 8.10. The van der Waals surface area contributed by atoms with Gasteiger partial charge >= 0.3 is 18.1 Å². The van der Waals surface area contributed by atoms with Crippen molar-refractivity contribution in [2.45, 2.75) is 110 Å². The standard InChI is InChI=1S/C39H49F3O5/c1-3-5-6-7-8-9-10-12-15-30-17-19-31(20-18-30)32-21-23-33(24-22-32)37(43)46-35-27-25-34(26-28-35)38(44)47-36(39(40,41)42)16-13-11-14-29-45-4-2/h17-28,36H,3-16,29H2,1-2H3/t36-/m1/s1. The van der Waals surface area contributed by atoms with Gasteiger partial charge in [0.2, 0.25) is 0 Å². The van der Waals surface area contributed by atoms with Crippen LogP contribution in [0.4, 0.5) is 13.2 Å². The van der Waals surface area contributed by atoms with Gasteiger partial charge in [0.1, 0.15) is 5.75 Å². The zero-order valence-electron chi connectivity index (χ0n) is 27.8. The van der Waals surface area contributed by atoms with Crippen molar-refractivity contribution < 1.29 is 37.0 Å². The molecule has 256 valence electrons. The number of unbranched alkanes of at least 4 members (excludes halogenated alkanes) is 9. The van der Waals surface area contributed by atoms with Gasteiger partial charge in [0.05, 0.1) is 11.1 Å². The van der Waals surface area contributed by atoms with Gasteiger partial charge in [-0.2, -0.15) is 13.2 Å². The van der Waals surface area contributed by atoms with E-state index in [1.807, 2.05) is 19.1 Å². The van der Waals surface area contributed by atoms with E-state index in [-0.39, 0.29) is 24.2 Å². The van der Waals surface area contributed by atoms with E-state index in [1.165, 1.54) is 81.2 Å². The van der Waals surface area contributed by atoms with Crippen LogP contribution in [0, 0.1) is 0 Å². The van der Waals surface area contributed by atoms with E-state index in [1.54, 1.807) is 12.1 Å². The Kier molecular flexibility index (Phi) is 16.5. The maximum Gasteiger partial charge on any atom is 0.425 e. The molecule has 0 heterocycles. The summed E-state index contributed by atoms with van der Waals surface area (Å²) in [5.41, 5.74) is 3.64. The topological polar surface area (TPSA) is 61.8 Å². The average Bonchev–Trinajstić information content (AvgIpc) is 3.07. The second-order valence-electron chi connectivity index (χ2n) is 11.9. The van der Waals surface area contributed by atoms with E-state index in [9.17, 15) is 22.8 Å². The van der Waals surface area contributed by atoms with Gasteiger partial charge in [0.25, 0.3) is 0 Å². The van der Waals surface area contributed by atoms with Crippen LogP contribution in [-0.2, 0) is 15.9 Å². The number of hydrogen-bond acceptors (Lipinski definition) is 5. The van der Waals surface area contributed by atoms with E-state index in [4.69, 9.17) is 14.2 Å². The fourth-order valence-electron chi connectivity index (χ4n) is 5.29. The highest BCUT2D eigenvalue weighted by molar-refractivity contribution is 5.92. The molecule has 0 unspecified atom stereocenters. The van der Waals surface area contributed by atoms with Crippen molar-refractivity contribution in [1.29, 1.82) is 0 Å². The van der Waals surface area contributed by atoms with Crippen LogP contribution in [0.15, 0.2) is 72.8 Å². The van der Waals surface area contributed by atoms with Crippen molar-refractivity contribution in [3.63, 3.8) is 0 Å². The van der Waals surface area contributed by atoms with Crippen molar-refractivity contribution >= 4 is 11.9 Å². The smallest absolute Gasteiger partial charge is 0.425 e. The molecule has 3 aromatic carbocycles. The first kappa shape index (κ1) is 37.8.